The van der Waals surface area contributed by atoms with Gasteiger partial charge >= 0.3 is 0 Å². The molecule has 0 aliphatic carbocycles. The van der Waals surface area contributed by atoms with E-state index in [4.69, 9.17) is 27.6 Å². The first kappa shape index (κ1) is 25.7. The van der Waals surface area contributed by atoms with E-state index in [9.17, 15) is 14.4 Å². The number of carbonyl (C=O) groups excluding carboxylic acids is 3. The van der Waals surface area contributed by atoms with Crippen molar-refractivity contribution in [3.05, 3.63) is 135 Å². The first-order valence-corrected chi connectivity index (χ1v) is 11.8. The summed E-state index contributed by atoms with van der Waals surface area (Å²) in [6.45, 7) is 0. The molecule has 4 aromatic rings. The maximum atomic E-state index is 13.0. The molecule has 0 fully saturated rings. The van der Waals surface area contributed by atoms with Gasteiger partial charge in [0, 0.05) is 32.9 Å². The average molecular weight is 531 g/mol. The number of allylic oxidation sites excluding steroid dienone is 1. The van der Waals surface area contributed by atoms with E-state index in [-0.39, 0.29) is 11.5 Å². The molecule has 0 spiro atoms. The predicted octanol–water partition coefficient (Wildman–Crippen LogP) is 6.89. The van der Waals surface area contributed by atoms with Crippen LogP contribution in [0.3, 0.4) is 0 Å². The lowest BCUT2D eigenvalue weighted by Gasteiger charge is -2.11. The molecule has 1 aromatic heterocycles. The van der Waals surface area contributed by atoms with E-state index in [0.717, 1.165) is 0 Å². The fourth-order valence-electron chi connectivity index (χ4n) is 3.27. The Hall–Kier alpha value is -4.39. The molecule has 4 rings (SSSR count). The van der Waals surface area contributed by atoms with Crippen molar-refractivity contribution in [2.75, 3.05) is 5.32 Å². The molecule has 8 heteroatoms. The molecule has 0 aliphatic rings. The molecule has 0 atom stereocenters. The standard InChI is InChI=1S/C29H20Cl2N2O4/c30-22-12-8-19(25(31)17-22)11-15-27(34)20-9-13-23(14-10-20)32-29(36)26(18-24-7-4-16-37-24)33-28(35)21-5-2-1-3-6-21/h1-18H,(H,32,36)(H,33,35)/b15-11+,26-18-. The van der Waals surface area contributed by atoms with E-state index in [0.29, 0.717) is 38.2 Å². The van der Waals surface area contributed by atoms with Crippen molar-refractivity contribution in [3.8, 4) is 0 Å². The average Bonchev–Trinajstić information content (AvgIpc) is 3.42. The summed E-state index contributed by atoms with van der Waals surface area (Å²) in [5.41, 5.74) is 1.91. The molecule has 0 radical (unpaired) electrons. The molecular weight excluding hydrogens is 511 g/mol. The Balaban J connectivity index is 1.46. The van der Waals surface area contributed by atoms with Crippen LogP contribution in [0, 0.1) is 0 Å². The van der Waals surface area contributed by atoms with E-state index >= 15 is 0 Å². The monoisotopic (exact) mass is 530 g/mol. The number of halogens is 2. The first-order valence-electron chi connectivity index (χ1n) is 11.1. The van der Waals surface area contributed by atoms with Gasteiger partial charge in [0.1, 0.15) is 11.5 Å². The van der Waals surface area contributed by atoms with Gasteiger partial charge in [-0.2, -0.15) is 0 Å². The lowest BCUT2D eigenvalue weighted by atomic mass is 10.1. The van der Waals surface area contributed by atoms with Crippen molar-refractivity contribution in [2.24, 2.45) is 0 Å². The molecule has 2 amide bonds. The van der Waals surface area contributed by atoms with Crippen LogP contribution < -0.4 is 10.6 Å². The molecule has 1 heterocycles. The predicted molar refractivity (Wildman–Crippen MR) is 145 cm³/mol. The minimum absolute atomic E-state index is 0.00766. The van der Waals surface area contributed by atoms with Gasteiger partial charge in [0.25, 0.3) is 11.8 Å². The van der Waals surface area contributed by atoms with Crippen LogP contribution in [0.4, 0.5) is 5.69 Å². The maximum Gasteiger partial charge on any atom is 0.272 e. The molecule has 0 bridgehead atoms. The molecule has 0 aliphatic heterocycles. The third kappa shape index (κ3) is 7.07. The quantitative estimate of drug-likeness (QED) is 0.191. The Kier molecular flexibility index (Phi) is 8.36. The van der Waals surface area contributed by atoms with Gasteiger partial charge in [-0.3, -0.25) is 14.4 Å². The van der Waals surface area contributed by atoms with Crippen molar-refractivity contribution in [3.63, 3.8) is 0 Å². The van der Waals surface area contributed by atoms with Gasteiger partial charge in [0.05, 0.1) is 6.26 Å². The summed E-state index contributed by atoms with van der Waals surface area (Å²) in [5, 5.41) is 6.30. The zero-order valence-electron chi connectivity index (χ0n) is 19.3. The maximum absolute atomic E-state index is 13.0. The van der Waals surface area contributed by atoms with Crippen molar-refractivity contribution < 1.29 is 18.8 Å². The van der Waals surface area contributed by atoms with E-state index in [2.05, 4.69) is 10.6 Å². The van der Waals surface area contributed by atoms with Gasteiger partial charge in [-0.05, 0) is 78.4 Å². The number of hydrogen-bond donors (Lipinski definition) is 2. The van der Waals surface area contributed by atoms with Gasteiger partial charge in [-0.15, -0.1) is 0 Å². The normalized spacial score (nSPS) is 11.4. The summed E-state index contributed by atoms with van der Waals surface area (Å²) in [5.74, 6) is -0.844. The number of nitrogens with one attached hydrogen (secondary N) is 2. The van der Waals surface area contributed by atoms with Gasteiger partial charge in [-0.1, -0.05) is 47.5 Å². The Labute approximate surface area is 223 Å². The summed E-state index contributed by atoms with van der Waals surface area (Å²) in [7, 11) is 0. The smallest absolute Gasteiger partial charge is 0.272 e. The highest BCUT2D eigenvalue weighted by molar-refractivity contribution is 6.35. The lowest BCUT2D eigenvalue weighted by Crippen LogP contribution is -2.30. The van der Waals surface area contributed by atoms with Gasteiger partial charge < -0.3 is 15.1 Å². The minimum Gasteiger partial charge on any atom is -0.465 e. The van der Waals surface area contributed by atoms with Gasteiger partial charge in [-0.25, -0.2) is 0 Å². The highest BCUT2D eigenvalue weighted by Crippen LogP contribution is 2.22. The first-order chi connectivity index (χ1) is 17.9. The zero-order valence-corrected chi connectivity index (χ0v) is 20.8. The van der Waals surface area contributed by atoms with Crippen molar-refractivity contribution >= 4 is 58.6 Å². The summed E-state index contributed by atoms with van der Waals surface area (Å²) < 4.78 is 5.30. The fourth-order valence-corrected chi connectivity index (χ4v) is 3.74. The Morgan fingerprint density at radius 2 is 1.57 bits per heavy atom. The topological polar surface area (TPSA) is 88.4 Å². The second-order valence-electron chi connectivity index (χ2n) is 7.79. The zero-order chi connectivity index (χ0) is 26.2. The highest BCUT2D eigenvalue weighted by atomic mass is 35.5. The number of amides is 2. The molecular formula is C29H20Cl2N2O4. The SMILES string of the molecule is O=C(Nc1ccc(C(=O)/C=C/c2ccc(Cl)cc2Cl)cc1)/C(=C/c1ccco1)NC(=O)c1ccccc1. The second kappa shape index (κ2) is 12.0. The number of carbonyl (C=O) groups is 3. The van der Waals surface area contributed by atoms with E-state index in [1.54, 1.807) is 91.0 Å². The van der Waals surface area contributed by atoms with E-state index < -0.39 is 11.8 Å². The Morgan fingerprint density at radius 1 is 0.811 bits per heavy atom. The van der Waals surface area contributed by atoms with Crippen LogP contribution in [0.2, 0.25) is 10.0 Å². The fraction of sp³-hybridized carbons (Fsp3) is 0. The summed E-state index contributed by atoms with van der Waals surface area (Å²) in [6.07, 6.45) is 5.91. The molecule has 0 saturated heterocycles. The van der Waals surface area contributed by atoms with Crippen LogP contribution >= 0.6 is 23.2 Å². The van der Waals surface area contributed by atoms with Crippen molar-refractivity contribution in [1.82, 2.24) is 5.32 Å². The number of benzene rings is 3. The van der Waals surface area contributed by atoms with Crippen LogP contribution in [0.15, 0.2) is 107 Å². The van der Waals surface area contributed by atoms with E-state index in [1.165, 1.54) is 18.4 Å². The number of ketones is 1. The number of hydrogen-bond acceptors (Lipinski definition) is 4. The molecule has 6 nitrogen and oxygen atoms in total. The van der Waals surface area contributed by atoms with Crippen LogP contribution in [-0.2, 0) is 4.79 Å². The molecule has 184 valence electrons. The minimum atomic E-state index is -0.558. The third-order valence-electron chi connectivity index (χ3n) is 5.16. The molecule has 2 N–H and O–H groups in total. The largest absolute Gasteiger partial charge is 0.465 e. The number of rotatable bonds is 8. The van der Waals surface area contributed by atoms with Gasteiger partial charge in [0.15, 0.2) is 5.78 Å². The highest BCUT2D eigenvalue weighted by Gasteiger charge is 2.16. The third-order valence-corrected chi connectivity index (χ3v) is 5.73. The van der Waals surface area contributed by atoms with E-state index in [1.807, 2.05) is 0 Å². The molecule has 0 saturated carbocycles. The molecule has 3 aromatic carbocycles. The van der Waals surface area contributed by atoms with Crippen LogP contribution in [0.25, 0.3) is 12.2 Å². The summed E-state index contributed by atoms with van der Waals surface area (Å²) in [4.78, 5) is 38.2. The second-order valence-corrected chi connectivity index (χ2v) is 8.63. The number of anilines is 1. The van der Waals surface area contributed by atoms with Crippen LogP contribution in [0.1, 0.15) is 32.0 Å². The lowest BCUT2D eigenvalue weighted by molar-refractivity contribution is -0.113. The van der Waals surface area contributed by atoms with Crippen LogP contribution in [0.5, 0.6) is 0 Å². The number of furan rings is 1. The molecule has 37 heavy (non-hydrogen) atoms. The summed E-state index contributed by atoms with van der Waals surface area (Å²) in [6, 6.07) is 23.2. The Bertz CT molecular complexity index is 1480. The van der Waals surface area contributed by atoms with Gasteiger partial charge in [0.2, 0.25) is 0 Å². The Morgan fingerprint density at radius 3 is 2.24 bits per heavy atom. The summed E-state index contributed by atoms with van der Waals surface area (Å²) >= 11 is 12.0. The molecule has 0 unspecified atom stereocenters. The van der Waals surface area contributed by atoms with Crippen molar-refractivity contribution in [1.29, 1.82) is 0 Å². The van der Waals surface area contributed by atoms with Crippen molar-refractivity contribution in [2.45, 2.75) is 0 Å². The van der Waals surface area contributed by atoms with Crippen LogP contribution in [-0.4, -0.2) is 17.6 Å².